The summed E-state index contributed by atoms with van der Waals surface area (Å²) >= 11 is 0. The summed E-state index contributed by atoms with van der Waals surface area (Å²) in [5, 5.41) is 9.93. The molecular formula is C11H23NO. The molecule has 1 aliphatic carbocycles. The van der Waals surface area contributed by atoms with Gasteiger partial charge in [0.2, 0.25) is 0 Å². The molecule has 1 N–H and O–H groups in total. The third-order valence-corrected chi connectivity index (χ3v) is 3.22. The first-order chi connectivity index (χ1) is 6.00. The van der Waals surface area contributed by atoms with Crippen molar-refractivity contribution in [2.75, 3.05) is 20.6 Å². The minimum absolute atomic E-state index is 0.0823. The molecule has 0 amide bonds. The molecule has 0 aliphatic heterocycles. The molecule has 13 heavy (non-hydrogen) atoms. The Morgan fingerprint density at radius 2 is 1.85 bits per heavy atom. The lowest BCUT2D eigenvalue weighted by Gasteiger charge is -2.38. The summed E-state index contributed by atoms with van der Waals surface area (Å²) in [5.74, 6) is 1.84. The lowest BCUT2D eigenvalue weighted by Crippen LogP contribution is -2.40. The minimum Gasteiger partial charge on any atom is -0.393 e. The lowest BCUT2D eigenvalue weighted by atomic mass is 9.73. The summed E-state index contributed by atoms with van der Waals surface area (Å²) in [4.78, 5) is 2.18. The summed E-state index contributed by atoms with van der Waals surface area (Å²) in [5.41, 5.74) is 0. The van der Waals surface area contributed by atoms with Gasteiger partial charge in [0, 0.05) is 12.5 Å². The molecule has 0 heterocycles. The van der Waals surface area contributed by atoms with Crippen molar-refractivity contribution in [1.29, 1.82) is 0 Å². The third-order valence-electron chi connectivity index (χ3n) is 3.22. The van der Waals surface area contributed by atoms with Crippen molar-refractivity contribution in [1.82, 2.24) is 4.90 Å². The van der Waals surface area contributed by atoms with Gasteiger partial charge in [-0.15, -0.1) is 0 Å². The van der Waals surface area contributed by atoms with E-state index >= 15 is 0 Å². The highest BCUT2D eigenvalue weighted by Crippen LogP contribution is 2.33. The Bertz CT molecular complexity index is 146. The van der Waals surface area contributed by atoms with Gasteiger partial charge >= 0.3 is 0 Å². The second kappa shape index (κ2) is 4.43. The number of hydrogen-bond donors (Lipinski definition) is 1. The monoisotopic (exact) mass is 185 g/mol. The maximum atomic E-state index is 9.93. The summed E-state index contributed by atoms with van der Waals surface area (Å²) in [6, 6.07) is 0. The normalized spacial score (nSPS) is 41.1. The van der Waals surface area contributed by atoms with E-state index < -0.39 is 0 Å². The predicted octanol–water partition coefficient (Wildman–Crippen LogP) is 1.59. The second-order valence-corrected chi connectivity index (χ2v) is 5.05. The van der Waals surface area contributed by atoms with Crippen LogP contribution in [0.4, 0.5) is 0 Å². The highest BCUT2D eigenvalue weighted by Gasteiger charge is 2.32. The molecule has 2 nitrogen and oxygen atoms in total. The van der Waals surface area contributed by atoms with Crippen LogP contribution in [-0.2, 0) is 0 Å². The molecule has 2 heteroatoms. The van der Waals surface area contributed by atoms with Gasteiger partial charge in [-0.25, -0.2) is 0 Å². The summed E-state index contributed by atoms with van der Waals surface area (Å²) in [7, 11) is 4.16. The molecule has 0 spiro atoms. The van der Waals surface area contributed by atoms with E-state index in [1.54, 1.807) is 0 Å². The Morgan fingerprint density at radius 1 is 1.23 bits per heavy atom. The molecule has 0 saturated heterocycles. The zero-order valence-corrected chi connectivity index (χ0v) is 9.33. The van der Waals surface area contributed by atoms with Crippen molar-refractivity contribution in [3.05, 3.63) is 0 Å². The van der Waals surface area contributed by atoms with Gasteiger partial charge in [0.1, 0.15) is 0 Å². The molecule has 0 radical (unpaired) electrons. The molecule has 1 aliphatic rings. The molecule has 0 aromatic heterocycles. The minimum atomic E-state index is -0.0823. The van der Waals surface area contributed by atoms with Crippen molar-refractivity contribution in [2.45, 2.75) is 32.8 Å². The fourth-order valence-electron chi connectivity index (χ4n) is 2.60. The highest BCUT2D eigenvalue weighted by atomic mass is 16.3. The fourth-order valence-corrected chi connectivity index (χ4v) is 2.60. The molecule has 0 aromatic carbocycles. The van der Waals surface area contributed by atoms with Crippen LogP contribution in [0.25, 0.3) is 0 Å². The molecular weight excluding hydrogens is 162 g/mol. The van der Waals surface area contributed by atoms with Crippen LogP contribution < -0.4 is 0 Å². The first-order valence-corrected chi connectivity index (χ1v) is 5.33. The number of rotatable bonds is 2. The van der Waals surface area contributed by atoms with Crippen LogP contribution in [0.15, 0.2) is 0 Å². The molecule has 4 unspecified atom stereocenters. The number of aliphatic hydroxyl groups excluding tert-OH is 1. The first-order valence-electron chi connectivity index (χ1n) is 5.33. The zero-order chi connectivity index (χ0) is 10.0. The van der Waals surface area contributed by atoms with E-state index in [-0.39, 0.29) is 6.10 Å². The van der Waals surface area contributed by atoms with Gasteiger partial charge in [-0.05, 0) is 38.8 Å². The smallest absolute Gasteiger partial charge is 0.0585 e. The van der Waals surface area contributed by atoms with Gasteiger partial charge < -0.3 is 10.0 Å². The van der Waals surface area contributed by atoms with Gasteiger partial charge in [0.25, 0.3) is 0 Å². The van der Waals surface area contributed by atoms with Gasteiger partial charge in [-0.3, -0.25) is 0 Å². The van der Waals surface area contributed by atoms with Gasteiger partial charge in [0.05, 0.1) is 6.10 Å². The summed E-state index contributed by atoms with van der Waals surface area (Å²) < 4.78 is 0. The first kappa shape index (κ1) is 11.0. The largest absolute Gasteiger partial charge is 0.393 e. The van der Waals surface area contributed by atoms with Crippen LogP contribution in [0.1, 0.15) is 26.7 Å². The maximum absolute atomic E-state index is 9.93. The topological polar surface area (TPSA) is 23.5 Å². The SMILES string of the molecule is CC1CC(C)C(CN(C)C)C(O)C1. The molecule has 1 rings (SSSR count). The van der Waals surface area contributed by atoms with E-state index in [0.29, 0.717) is 17.8 Å². The lowest BCUT2D eigenvalue weighted by molar-refractivity contribution is 0.00466. The van der Waals surface area contributed by atoms with E-state index in [0.717, 1.165) is 13.0 Å². The summed E-state index contributed by atoms with van der Waals surface area (Å²) in [6.07, 6.45) is 2.18. The molecule has 4 atom stereocenters. The Balaban J connectivity index is 2.51. The Kier molecular flexibility index (Phi) is 3.74. The van der Waals surface area contributed by atoms with Crippen LogP contribution in [0.5, 0.6) is 0 Å². The van der Waals surface area contributed by atoms with Gasteiger partial charge in [-0.2, -0.15) is 0 Å². The standard InChI is InChI=1S/C11H23NO/c1-8-5-9(2)10(7-12(3)4)11(13)6-8/h8-11,13H,5-7H2,1-4H3. The van der Waals surface area contributed by atoms with E-state index in [2.05, 4.69) is 32.8 Å². The summed E-state index contributed by atoms with van der Waals surface area (Å²) in [6.45, 7) is 5.54. The molecule has 1 saturated carbocycles. The van der Waals surface area contributed by atoms with Gasteiger partial charge in [-0.1, -0.05) is 13.8 Å². The number of hydrogen-bond acceptors (Lipinski definition) is 2. The average Bonchev–Trinajstić information content (AvgIpc) is 1.96. The number of aliphatic hydroxyl groups is 1. The van der Waals surface area contributed by atoms with Crippen molar-refractivity contribution in [2.24, 2.45) is 17.8 Å². The quantitative estimate of drug-likeness (QED) is 0.706. The van der Waals surface area contributed by atoms with E-state index in [1.807, 2.05) is 0 Å². The van der Waals surface area contributed by atoms with E-state index in [9.17, 15) is 5.11 Å². The van der Waals surface area contributed by atoms with Crippen molar-refractivity contribution in [3.8, 4) is 0 Å². The fraction of sp³-hybridized carbons (Fsp3) is 1.00. The predicted molar refractivity (Wildman–Crippen MR) is 55.6 cm³/mol. The second-order valence-electron chi connectivity index (χ2n) is 5.05. The Morgan fingerprint density at radius 3 is 2.31 bits per heavy atom. The molecule has 0 bridgehead atoms. The number of nitrogens with zero attached hydrogens (tertiary/aromatic N) is 1. The molecule has 1 fully saturated rings. The average molecular weight is 185 g/mol. The van der Waals surface area contributed by atoms with Crippen LogP contribution >= 0.6 is 0 Å². The maximum Gasteiger partial charge on any atom is 0.0585 e. The van der Waals surface area contributed by atoms with Crippen LogP contribution in [-0.4, -0.2) is 36.8 Å². The highest BCUT2D eigenvalue weighted by molar-refractivity contribution is 4.83. The third kappa shape index (κ3) is 2.96. The van der Waals surface area contributed by atoms with Crippen LogP contribution in [0.2, 0.25) is 0 Å². The van der Waals surface area contributed by atoms with E-state index in [1.165, 1.54) is 6.42 Å². The van der Waals surface area contributed by atoms with Crippen LogP contribution in [0.3, 0.4) is 0 Å². The van der Waals surface area contributed by atoms with Crippen molar-refractivity contribution >= 4 is 0 Å². The molecule has 78 valence electrons. The van der Waals surface area contributed by atoms with Gasteiger partial charge in [0.15, 0.2) is 0 Å². The van der Waals surface area contributed by atoms with E-state index in [4.69, 9.17) is 0 Å². The zero-order valence-electron chi connectivity index (χ0n) is 9.33. The Hall–Kier alpha value is -0.0800. The van der Waals surface area contributed by atoms with Crippen molar-refractivity contribution < 1.29 is 5.11 Å². The Labute approximate surface area is 81.9 Å². The molecule has 0 aromatic rings. The van der Waals surface area contributed by atoms with Crippen LogP contribution in [0, 0.1) is 17.8 Å². The van der Waals surface area contributed by atoms with Crippen molar-refractivity contribution in [3.63, 3.8) is 0 Å².